The van der Waals surface area contributed by atoms with Crippen LogP contribution in [0.3, 0.4) is 0 Å². The molecule has 8 heteroatoms. The van der Waals surface area contributed by atoms with E-state index in [4.69, 9.17) is 9.47 Å². The molecule has 0 bridgehead atoms. The van der Waals surface area contributed by atoms with Crippen LogP contribution < -0.4 is 14.6 Å². The van der Waals surface area contributed by atoms with Gasteiger partial charge in [-0.2, -0.15) is 0 Å². The van der Waals surface area contributed by atoms with Crippen molar-refractivity contribution in [3.05, 3.63) is 69.8 Å². The lowest BCUT2D eigenvalue weighted by Gasteiger charge is -2.11. The number of ether oxygens (including phenoxy) is 2. The Balaban J connectivity index is 2.17. The number of hydrogen-bond acceptors (Lipinski definition) is 7. The topological polar surface area (TPSA) is 119 Å². The maximum absolute atomic E-state index is 12.3. The van der Waals surface area contributed by atoms with Crippen LogP contribution in [0.25, 0.3) is 6.08 Å². The Bertz CT molecular complexity index is 874. The maximum Gasteiger partial charge on any atom is 0.270 e. The number of carbonyl (C=O) groups is 2. The zero-order chi connectivity index (χ0) is 19.1. The Morgan fingerprint density at radius 2 is 1.92 bits per heavy atom. The number of nitro groups is 1. The van der Waals surface area contributed by atoms with Crippen LogP contribution in [0.5, 0.6) is 11.5 Å². The van der Waals surface area contributed by atoms with Gasteiger partial charge >= 0.3 is 0 Å². The van der Waals surface area contributed by atoms with Crippen molar-refractivity contribution in [3.8, 4) is 11.5 Å². The molecular formula is C18H14NO7-. The third kappa shape index (κ3) is 4.91. The smallest absolute Gasteiger partial charge is 0.270 e. The van der Waals surface area contributed by atoms with Crippen molar-refractivity contribution in [3.63, 3.8) is 0 Å². The van der Waals surface area contributed by atoms with E-state index in [2.05, 4.69) is 0 Å². The van der Waals surface area contributed by atoms with Crippen LogP contribution in [-0.4, -0.2) is 30.4 Å². The van der Waals surface area contributed by atoms with E-state index in [-0.39, 0.29) is 28.5 Å². The number of nitrogens with zero attached hydrogens (tertiary/aromatic N) is 1. The van der Waals surface area contributed by atoms with E-state index in [0.29, 0.717) is 5.56 Å². The van der Waals surface area contributed by atoms with Gasteiger partial charge in [0, 0.05) is 17.7 Å². The number of carboxylic acid groups (broad SMARTS) is 1. The molecule has 0 aliphatic heterocycles. The van der Waals surface area contributed by atoms with Gasteiger partial charge in [0.15, 0.2) is 17.3 Å². The third-order valence-electron chi connectivity index (χ3n) is 3.30. The summed E-state index contributed by atoms with van der Waals surface area (Å²) in [6.07, 6.45) is 2.73. The van der Waals surface area contributed by atoms with Crippen molar-refractivity contribution in [1.82, 2.24) is 0 Å². The molecule has 2 aromatic rings. The summed E-state index contributed by atoms with van der Waals surface area (Å²) in [5.41, 5.74) is 0.716. The highest BCUT2D eigenvalue weighted by Gasteiger charge is 2.10. The number of carboxylic acids is 1. The number of hydrogen-bond donors (Lipinski definition) is 0. The zero-order valence-corrected chi connectivity index (χ0v) is 13.7. The minimum atomic E-state index is -1.38. The second-order valence-corrected chi connectivity index (χ2v) is 5.08. The number of rotatable bonds is 8. The highest BCUT2D eigenvalue weighted by molar-refractivity contribution is 6.07. The molecule has 0 radical (unpaired) electrons. The molecule has 2 aromatic carbocycles. The lowest BCUT2D eigenvalue weighted by Crippen LogP contribution is -2.29. The molecule has 0 aliphatic rings. The van der Waals surface area contributed by atoms with Crippen LogP contribution in [0.4, 0.5) is 5.69 Å². The quantitative estimate of drug-likeness (QED) is 0.305. The van der Waals surface area contributed by atoms with E-state index < -0.39 is 17.5 Å². The Morgan fingerprint density at radius 1 is 1.15 bits per heavy atom. The molecule has 2 rings (SSSR count). The van der Waals surface area contributed by atoms with Gasteiger partial charge in [-0.1, -0.05) is 18.2 Å². The second kappa shape index (κ2) is 8.43. The van der Waals surface area contributed by atoms with Crippen molar-refractivity contribution in [2.45, 2.75) is 0 Å². The number of ketones is 1. The van der Waals surface area contributed by atoms with E-state index in [9.17, 15) is 24.8 Å². The molecule has 0 atom stereocenters. The Labute approximate surface area is 148 Å². The standard InChI is InChI=1S/C18H15NO7/c1-25-17-10-13(6-8-16(17)26-11-18(21)22)15(20)7-5-12-3-2-4-14(9-12)19(23)24/h2-10H,11H2,1H3,(H,21,22)/p-1/b7-5+. The summed E-state index contributed by atoms with van der Waals surface area (Å²) in [5, 5.41) is 21.2. The van der Waals surface area contributed by atoms with E-state index in [1.165, 1.54) is 55.7 Å². The first-order valence-corrected chi connectivity index (χ1v) is 7.38. The first-order chi connectivity index (χ1) is 12.4. The average Bonchev–Trinajstić information content (AvgIpc) is 2.64. The van der Waals surface area contributed by atoms with Crippen LogP contribution in [0.1, 0.15) is 15.9 Å². The molecule has 8 nitrogen and oxygen atoms in total. The molecule has 134 valence electrons. The SMILES string of the molecule is COc1cc(C(=O)/C=C/c2cccc([N+](=O)[O-])c2)ccc1OCC(=O)[O-]. The number of benzene rings is 2. The maximum atomic E-state index is 12.3. The second-order valence-electron chi connectivity index (χ2n) is 5.08. The molecule has 0 aromatic heterocycles. The normalized spacial score (nSPS) is 10.5. The molecule has 0 amide bonds. The molecule has 0 fully saturated rings. The summed E-state index contributed by atoms with van der Waals surface area (Å²) in [7, 11) is 1.36. The van der Waals surface area contributed by atoms with Crippen molar-refractivity contribution < 1.29 is 29.1 Å². The van der Waals surface area contributed by atoms with Gasteiger partial charge in [-0.25, -0.2) is 0 Å². The lowest BCUT2D eigenvalue weighted by molar-refractivity contribution is -0.384. The number of aliphatic carboxylic acids is 1. The minimum Gasteiger partial charge on any atom is -0.546 e. The number of allylic oxidation sites excluding steroid dienone is 1. The Morgan fingerprint density at radius 3 is 2.58 bits per heavy atom. The van der Waals surface area contributed by atoms with Crippen molar-refractivity contribution in [2.75, 3.05) is 13.7 Å². The average molecular weight is 356 g/mol. The van der Waals surface area contributed by atoms with Gasteiger partial charge in [-0.05, 0) is 29.8 Å². The molecule has 0 saturated heterocycles. The summed E-state index contributed by atoms with van der Waals surface area (Å²) in [5.74, 6) is -1.38. The molecule has 0 heterocycles. The van der Waals surface area contributed by atoms with Gasteiger partial charge in [0.05, 0.1) is 18.0 Å². The number of carbonyl (C=O) groups excluding carboxylic acids is 2. The predicted molar refractivity (Wildman–Crippen MR) is 90.0 cm³/mol. The number of nitro benzene ring substituents is 1. The van der Waals surface area contributed by atoms with Crippen LogP contribution in [0.15, 0.2) is 48.5 Å². The van der Waals surface area contributed by atoms with Gasteiger partial charge in [0.2, 0.25) is 0 Å². The van der Waals surface area contributed by atoms with Crippen LogP contribution in [-0.2, 0) is 4.79 Å². The van der Waals surface area contributed by atoms with Gasteiger partial charge in [0.25, 0.3) is 5.69 Å². The first-order valence-electron chi connectivity index (χ1n) is 7.38. The Hall–Kier alpha value is -3.68. The van der Waals surface area contributed by atoms with Crippen molar-refractivity contribution in [2.24, 2.45) is 0 Å². The fourth-order valence-corrected chi connectivity index (χ4v) is 2.09. The Kier molecular flexibility index (Phi) is 6.05. The minimum absolute atomic E-state index is 0.0734. The van der Waals surface area contributed by atoms with E-state index >= 15 is 0 Å². The largest absolute Gasteiger partial charge is 0.546 e. The highest BCUT2D eigenvalue weighted by atomic mass is 16.6. The predicted octanol–water partition coefficient (Wildman–Crippen LogP) is 1.63. The van der Waals surface area contributed by atoms with Crippen molar-refractivity contribution >= 4 is 23.5 Å². The lowest BCUT2D eigenvalue weighted by atomic mass is 10.1. The van der Waals surface area contributed by atoms with Crippen LogP contribution >= 0.6 is 0 Å². The number of methoxy groups -OCH3 is 1. The molecule has 0 spiro atoms. The van der Waals surface area contributed by atoms with Crippen LogP contribution in [0, 0.1) is 10.1 Å². The van der Waals surface area contributed by atoms with Gasteiger partial charge < -0.3 is 19.4 Å². The molecule has 0 N–H and O–H groups in total. The van der Waals surface area contributed by atoms with E-state index in [1.54, 1.807) is 6.07 Å². The molecule has 26 heavy (non-hydrogen) atoms. The summed E-state index contributed by atoms with van der Waals surface area (Å²) >= 11 is 0. The summed E-state index contributed by atoms with van der Waals surface area (Å²) in [6, 6.07) is 10.1. The fraction of sp³-hybridized carbons (Fsp3) is 0.111. The van der Waals surface area contributed by atoms with E-state index in [0.717, 1.165) is 0 Å². The van der Waals surface area contributed by atoms with E-state index in [1.807, 2.05) is 0 Å². The summed E-state index contributed by atoms with van der Waals surface area (Å²) in [4.78, 5) is 33.0. The first kappa shape index (κ1) is 18.7. The van der Waals surface area contributed by atoms with Gasteiger partial charge in [-0.3, -0.25) is 14.9 Å². The highest BCUT2D eigenvalue weighted by Crippen LogP contribution is 2.28. The van der Waals surface area contributed by atoms with Gasteiger partial charge in [0.1, 0.15) is 6.61 Å². The summed E-state index contributed by atoms with van der Waals surface area (Å²) in [6.45, 7) is -0.643. The van der Waals surface area contributed by atoms with Crippen LogP contribution in [0.2, 0.25) is 0 Å². The molecule has 0 aliphatic carbocycles. The van der Waals surface area contributed by atoms with Gasteiger partial charge in [-0.15, -0.1) is 0 Å². The monoisotopic (exact) mass is 356 g/mol. The van der Waals surface area contributed by atoms with Crippen molar-refractivity contribution in [1.29, 1.82) is 0 Å². The fourth-order valence-electron chi connectivity index (χ4n) is 2.09. The summed E-state index contributed by atoms with van der Waals surface area (Å²) < 4.78 is 10.1. The number of non-ortho nitro benzene ring substituents is 1. The molecule has 0 saturated carbocycles. The third-order valence-corrected chi connectivity index (χ3v) is 3.30. The molecule has 0 unspecified atom stereocenters. The molecular weight excluding hydrogens is 342 g/mol. The zero-order valence-electron chi connectivity index (χ0n) is 13.7.